The molecule has 0 fully saturated rings. The Morgan fingerprint density at radius 1 is 1.47 bits per heavy atom. The average molecular weight is 237 g/mol. The van der Waals surface area contributed by atoms with Crippen LogP contribution >= 0.6 is 0 Å². The summed E-state index contributed by atoms with van der Waals surface area (Å²) in [5.41, 5.74) is 0.458. The highest BCUT2D eigenvalue weighted by Crippen LogP contribution is 1.96. The molecule has 1 aromatic heterocycles. The molecule has 0 saturated heterocycles. The second kappa shape index (κ2) is 6.89. The molecule has 0 radical (unpaired) electrons. The van der Waals surface area contributed by atoms with Gasteiger partial charge in [0.25, 0.3) is 0 Å². The van der Waals surface area contributed by atoms with Gasteiger partial charge >= 0.3 is 5.97 Å². The SMILES string of the molecule is C=C(C)C(=O)OCCCC[n+]1ccn(CC)c1. The first-order chi connectivity index (χ1) is 8.13. The van der Waals surface area contributed by atoms with Crippen LogP contribution in [0, 0.1) is 0 Å². The summed E-state index contributed by atoms with van der Waals surface area (Å²) in [5.74, 6) is -0.296. The van der Waals surface area contributed by atoms with E-state index in [2.05, 4.69) is 41.4 Å². The lowest BCUT2D eigenvalue weighted by Crippen LogP contribution is -2.31. The number of esters is 1. The van der Waals surface area contributed by atoms with Gasteiger partial charge in [-0.25, -0.2) is 13.9 Å². The van der Waals surface area contributed by atoms with Gasteiger partial charge in [0, 0.05) is 5.57 Å². The number of nitrogens with zero attached hydrogens (tertiary/aromatic N) is 2. The molecule has 1 rings (SSSR count). The van der Waals surface area contributed by atoms with Gasteiger partial charge in [0.05, 0.1) is 19.7 Å². The Bertz CT molecular complexity index is 383. The van der Waals surface area contributed by atoms with E-state index in [1.807, 2.05) is 0 Å². The summed E-state index contributed by atoms with van der Waals surface area (Å²) in [6, 6.07) is 0. The number of ether oxygens (including phenoxy) is 1. The second-order valence-corrected chi connectivity index (χ2v) is 4.11. The van der Waals surface area contributed by atoms with Crippen LogP contribution in [-0.2, 0) is 22.6 Å². The summed E-state index contributed by atoms with van der Waals surface area (Å²) >= 11 is 0. The van der Waals surface area contributed by atoms with Gasteiger partial charge in [0.2, 0.25) is 6.33 Å². The first-order valence-electron chi connectivity index (χ1n) is 6.01. The summed E-state index contributed by atoms with van der Waals surface area (Å²) < 4.78 is 9.28. The van der Waals surface area contributed by atoms with Crippen molar-refractivity contribution in [1.29, 1.82) is 0 Å². The summed E-state index contributed by atoms with van der Waals surface area (Å²) in [6.07, 6.45) is 8.08. The molecular formula is C13H21N2O2+. The maximum absolute atomic E-state index is 11.1. The fourth-order valence-corrected chi connectivity index (χ4v) is 1.44. The van der Waals surface area contributed by atoms with Crippen LogP contribution in [0.25, 0.3) is 0 Å². The Balaban J connectivity index is 2.12. The van der Waals surface area contributed by atoms with Crippen molar-refractivity contribution >= 4 is 5.97 Å². The molecule has 0 atom stereocenters. The van der Waals surface area contributed by atoms with Crippen LogP contribution < -0.4 is 4.57 Å². The van der Waals surface area contributed by atoms with Gasteiger partial charge in [-0.05, 0) is 26.7 Å². The molecule has 4 heteroatoms. The molecule has 0 aromatic carbocycles. The van der Waals surface area contributed by atoms with E-state index in [1.165, 1.54) is 0 Å². The van der Waals surface area contributed by atoms with Crippen LogP contribution in [0.4, 0.5) is 0 Å². The minimum absolute atomic E-state index is 0.296. The van der Waals surface area contributed by atoms with E-state index in [9.17, 15) is 4.79 Å². The quantitative estimate of drug-likeness (QED) is 0.313. The summed E-state index contributed by atoms with van der Waals surface area (Å²) in [4.78, 5) is 11.1. The van der Waals surface area contributed by atoms with Crippen molar-refractivity contribution in [3.63, 3.8) is 0 Å². The lowest BCUT2D eigenvalue weighted by Gasteiger charge is -2.02. The van der Waals surface area contributed by atoms with Gasteiger partial charge in [0.15, 0.2) is 0 Å². The molecular weight excluding hydrogens is 216 g/mol. The topological polar surface area (TPSA) is 35.1 Å². The largest absolute Gasteiger partial charge is 0.462 e. The molecule has 4 nitrogen and oxygen atoms in total. The Morgan fingerprint density at radius 3 is 2.82 bits per heavy atom. The van der Waals surface area contributed by atoms with E-state index in [0.717, 1.165) is 25.9 Å². The van der Waals surface area contributed by atoms with Crippen molar-refractivity contribution in [3.05, 3.63) is 30.9 Å². The Morgan fingerprint density at radius 2 is 2.24 bits per heavy atom. The number of carbonyl (C=O) groups is 1. The van der Waals surface area contributed by atoms with Gasteiger partial charge in [0.1, 0.15) is 12.4 Å². The van der Waals surface area contributed by atoms with Crippen LogP contribution in [0.2, 0.25) is 0 Å². The number of aromatic nitrogens is 2. The van der Waals surface area contributed by atoms with Crippen molar-refractivity contribution in [2.45, 2.75) is 39.8 Å². The standard InChI is InChI=1S/C13H21N2O2/c1-4-14-8-9-15(11-14)7-5-6-10-17-13(16)12(2)3/h8-9,11H,2,4-7,10H2,1,3H3/q+1. The number of imidazole rings is 1. The highest BCUT2D eigenvalue weighted by atomic mass is 16.5. The molecule has 0 spiro atoms. The van der Waals surface area contributed by atoms with Crippen molar-refractivity contribution < 1.29 is 14.1 Å². The fraction of sp³-hybridized carbons (Fsp3) is 0.538. The molecule has 0 bridgehead atoms. The first kappa shape index (κ1) is 13.5. The van der Waals surface area contributed by atoms with E-state index in [1.54, 1.807) is 6.92 Å². The first-order valence-corrected chi connectivity index (χ1v) is 6.01. The highest BCUT2D eigenvalue weighted by molar-refractivity contribution is 5.86. The van der Waals surface area contributed by atoms with Crippen molar-refractivity contribution in [1.82, 2.24) is 4.57 Å². The molecule has 1 aromatic rings. The lowest BCUT2D eigenvalue weighted by atomic mass is 10.3. The number of aryl methyl sites for hydroxylation is 2. The van der Waals surface area contributed by atoms with Crippen molar-refractivity contribution in [3.8, 4) is 0 Å². The van der Waals surface area contributed by atoms with Crippen LogP contribution in [-0.4, -0.2) is 17.1 Å². The molecule has 0 aliphatic rings. The van der Waals surface area contributed by atoms with Crippen LogP contribution in [0.5, 0.6) is 0 Å². The third kappa shape index (κ3) is 4.85. The lowest BCUT2D eigenvalue weighted by molar-refractivity contribution is -0.696. The number of hydrogen-bond donors (Lipinski definition) is 0. The van der Waals surface area contributed by atoms with E-state index in [4.69, 9.17) is 4.74 Å². The van der Waals surface area contributed by atoms with E-state index >= 15 is 0 Å². The number of carbonyl (C=O) groups excluding carboxylic acids is 1. The van der Waals surface area contributed by atoms with Gasteiger partial charge < -0.3 is 4.74 Å². The summed E-state index contributed by atoms with van der Waals surface area (Å²) in [5, 5.41) is 0. The third-order valence-corrected chi connectivity index (χ3v) is 2.50. The molecule has 0 saturated carbocycles. The molecule has 17 heavy (non-hydrogen) atoms. The zero-order valence-corrected chi connectivity index (χ0v) is 10.7. The number of hydrogen-bond acceptors (Lipinski definition) is 2. The van der Waals surface area contributed by atoms with E-state index in [0.29, 0.717) is 12.2 Å². The van der Waals surface area contributed by atoms with Gasteiger partial charge in [-0.1, -0.05) is 6.58 Å². The predicted octanol–water partition coefficient (Wildman–Crippen LogP) is 1.70. The maximum atomic E-state index is 11.1. The molecule has 1 heterocycles. The molecule has 0 aliphatic heterocycles. The van der Waals surface area contributed by atoms with Crippen LogP contribution in [0.3, 0.4) is 0 Å². The predicted molar refractivity (Wildman–Crippen MR) is 65.3 cm³/mol. The number of rotatable bonds is 7. The molecule has 0 N–H and O–H groups in total. The maximum Gasteiger partial charge on any atom is 0.333 e. The van der Waals surface area contributed by atoms with E-state index in [-0.39, 0.29) is 5.97 Å². The molecule has 0 amide bonds. The normalized spacial score (nSPS) is 10.2. The Hall–Kier alpha value is -1.58. The Labute approximate surface area is 103 Å². The van der Waals surface area contributed by atoms with Crippen molar-refractivity contribution in [2.75, 3.05) is 6.61 Å². The molecule has 94 valence electrons. The minimum atomic E-state index is -0.296. The molecule has 0 unspecified atom stereocenters. The van der Waals surface area contributed by atoms with Gasteiger partial charge in [-0.15, -0.1) is 0 Å². The summed E-state index contributed by atoms with van der Waals surface area (Å²) in [7, 11) is 0. The number of unbranched alkanes of at least 4 members (excludes halogenated alkanes) is 1. The third-order valence-electron chi connectivity index (χ3n) is 2.50. The van der Waals surface area contributed by atoms with Gasteiger partial charge in [-0.3, -0.25) is 0 Å². The van der Waals surface area contributed by atoms with Crippen LogP contribution in [0.1, 0.15) is 26.7 Å². The monoisotopic (exact) mass is 237 g/mol. The zero-order valence-electron chi connectivity index (χ0n) is 10.7. The second-order valence-electron chi connectivity index (χ2n) is 4.11. The fourth-order valence-electron chi connectivity index (χ4n) is 1.44. The Kier molecular flexibility index (Phi) is 5.46. The van der Waals surface area contributed by atoms with E-state index < -0.39 is 0 Å². The van der Waals surface area contributed by atoms with Crippen molar-refractivity contribution in [2.24, 2.45) is 0 Å². The summed E-state index contributed by atoms with van der Waals surface area (Å²) in [6.45, 7) is 9.72. The highest BCUT2D eigenvalue weighted by Gasteiger charge is 2.03. The minimum Gasteiger partial charge on any atom is -0.462 e. The van der Waals surface area contributed by atoms with Crippen LogP contribution in [0.15, 0.2) is 30.9 Å². The average Bonchev–Trinajstić information content (AvgIpc) is 2.76. The smallest absolute Gasteiger partial charge is 0.333 e. The zero-order chi connectivity index (χ0) is 12.7. The molecule has 0 aliphatic carbocycles. The van der Waals surface area contributed by atoms with Gasteiger partial charge in [-0.2, -0.15) is 0 Å².